The summed E-state index contributed by atoms with van der Waals surface area (Å²) in [6.45, 7) is 5.61. The molecule has 0 atom stereocenters. The highest BCUT2D eigenvalue weighted by Crippen LogP contribution is 2.10. The Morgan fingerprint density at radius 2 is 1.78 bits per heavy atom. The molecule has 0 saturated carbocycles. The maximum absolute atomic E-state index is 4.31. The van der Waals surface area contributed by atoms with E-state index >= 15 is 0 Å². The van der Waals surface area contributed by atoms with Crippen LogP contribution in [-0.4, -0.2) is 49.2 Å². The molecule has 0 bridgehead atoms. The molecule has 1 heterocycles. The Hall–Kier alpha value is -2.17. The zero-order valence-electron chi connectivity index (χ0n) is 13.7. The third-order valence-electron chi connectivity index (χ3n) is 4.13. The van der Waals surface area contributed by atoms with Gasteiger partial charge in [-0.25, -0.2) is 0 Å². The maximum atomic E-state index is 4.31. The van der Waals surface area contributed by atoms with Gasteiger partial charge in [0.25, 0.3) is 0 Å². The van der Waals surface area contributed by atoms with Crippen molar-refractivity contribution in [1.82, 2.24) is 9.80 Å². The van der Waals surface area contributed by atoms with E-state index < -0.39 is 0 Å². The highest BCUT2D eigenvalue weighted by Gasteiger charge is 2.13. The molecule has 1 N–H and O–H groups in total. The van der Waals surface area contributed by atoms with Crippen molar-refractivity contribution in [2.75, 3.05) is 38.7 Å². The second kappa shape index (κ2) is 7.90. The second-order valence-electron chi connectivity index (χ2n) is 6.06. The fourth-order valence-electron chi connectivity index (χ4n) is 2.73. The van der Waals surface area contributed by atoms with E-state index in [9.17, 15) is 0 Å². The van der Waals surface area contributed by atoms with E-state index in [1.165, 1.54) is 5.56 Å². The summed E-state index contributed by atoms with van der Waals surface area (Å²) in [4.78, 5) is 4.90. The van der Waals surface area contributed by atoms with Crippen molar-refractivity contribution in [3.8, 4) is 0 Å². The van der Waals surface area contributed by atoms with E-state index in [1.807, 2.05) is 36.5 Å². The number of rotatable bonds is 5. The monoisotopic (exact) mass is 308 g/mol. The van der Waals surface area contributed by atoms with Crippen LogP contribution in [0, 0.1) is 0 Å². The van der Waals surface area contributed by atoms with Crippen molar-refractivity contribution in [1.29, 1.82) is 0 Å². The first-order valence-corrected chi connectivity index (χ1v) is 8.13. The first-order chi connectivity index (χ1) is 11.3. The van der Waals surface area contributed by atoms with Crippen LogP contribution < -0.4 is 5.43 Å². The zero-order valence-corrected chi connectivity index (χ0v) is 13.7. The average Bonchev–Trinajstić information content (AvgIpc) is 2.58. The summed E-state index contributed by atoms with van der Waals surface area (Å²) in [6.07, 6.45) is 1.88. The number of hydrogen-bond acceptors (Lipinski definition) is 4. The number of nitrogens with one attached hydrogen (secondary N) is 1. The summed E-state index contributed by atoms with van der Waals surface area (Å²) in [5.74, 6) is 0. The number of benzene rings is 2. The van der Waals surface area contributed by atoms with E-state index in [0.717, 1.165) is 44.0 Å². The Labute approximate surface area is 138 Å². The van der Waals surface area contributed by atoms with Gasteiger partial charge in [-0.15, -0.1) is 0 Å². The Balaban J connectivity index is 1.56. The van der Waals surface area contributed by atoms with Gasteiger partial charge in [0.2, 0.25) is 0 Å². The van der Waals surface area contributed by atoms with Crippen LogP contribution in [0.15, 0.2) is 59.7 Å². The molecule has 4 nitrogen and oxygen atoms in total. The number of para-hydroxylation sites is 1. The predicted octanol–water partition coefficient (Wildman–Crippen LogP) is 2.88. The minimum atomic E-state index is 0.998. The summed E-state index contributed by atoms with van der Waals surface area (Å²) in [6, 6.07) is 18.6. The Bertz CT molecular complexity index is 631. The second-order valence-corrected chi connectivity index (χ2v) is 6.06. The van der Waals surface area contributed by atoms with Crippen molar-refractivity contribution in [2.24, 2.45) is 5.10 Å². The van der Waals surface area contributed by atoms with Crippen LogP contribution in [0.2, 0.25) is 0 Å². The Morgan fingerprint density at radius 3 is 2.57 bits per heavy atom. The molecule has 0 aliphatic carbocycles. The van der Waals surface area contributed by atoms with Gasteiger partial charge in [-0.1, -0.05) is 36.4 Å². The summed E-state index contributed by atoms with van der Waals surface area (Å²) in [7, 11) is 2.19. The lowest BCUT2D eigenvalue weighted by Crippen LogP contribution is -2.43. The van der Waals surface area contributed by atoms with Crippen molar-refractivity contribution in [3.05, 3.63) is 65.7 Å². The summed E-state index contributed by atoms with van der Waals surface area (Å²) in [5, 5.41) is 4.31. The lowest BCUT2D eigenvalue weighted by Gasteiger charge is -2.32. The number of likely N-dealkylation sites (N-methyl/N-ethyl adjacent to an activating group) is 1. The van der Waals surface area contributed by atoms with E-state index in [4.69, 9.17) is 0 Å². The van der Waals surface area contributed by atoms with E-state index in [1.54, 1.807) is 0 Å². The first-order valence-electron chi connectivity index (χ1n) is 8.13. The molecule has 120 valence electrons. The van der Waals surface area contributed by atoms with E-state index in [0.29, 0.717) is 0 Å². The lowest BCUT2D eigenvalue weighted by atomic mass is 10.1. The van der Waals surface area contributed by atoms with Gasteiger partial charge in [0.1, 0.15) is 0 Å². The third kappa shape index (κ3) is 4.91. The van der Waals surface area contributed by atoms with Crippen molar-refractivity contribution in [3.63, 3.8) is 0 Å². The predicted molar refractivity (Wildman–Crippen MR) is 96.9 cm³/mol. The molecule has 1 saturated heterocycles. The fraction of sp³-hybridized carbons (Fsp3) is 0.316. The van der Waals surface area contributed by atoms with Crippen LogP contribution in [0.4, 0.5) is 5.69 Å². The molecule has 0 amide bonds. The number of nitrogens with zero attached hydrogens (tertiary/aromatic N) is 3. The highest BCUT2D eigenvalue weighted by molar-refractivity contribution is 5.80. The number of anilines is 1. The molecule has 3 rings (SSSR count). The standard InChI is InChI=1S/C19H24N4/c1-22-10-12-23(13-11-22)16-18-7-5-6-17(14-18)15-20-21-19-8-3-2-4-9-19/h2-9,14-15,21H,10-13,16H2,1H3. The minimum absolute atomic E-state index is 0.998. The largest absolute Gasteiger partial charge is 0.304 e. The molecule has 1 aliphatic rings. The minimum Gasteiger partial charge on any atom is -0.304 e. The van der Waals surface area contributed by atoms with Gasteiger partial charge >= 0.3 is 0 Å². The molecule has 2 aromatic carbocycles. The quantitative estimate of drug-likeness (QED) is 0.680. The molecular formula is C19H24N4. The van der Waals surface area contributed by atoms with Crippen LogP contribution in [0.1, 0.15) is 11.1 Å². The molecule has 0 unspecified atom stereocenters. The number of hydrazone groups is 1. The molecule has 0 spiro atoms. The van der Waals surface area contributed by atoms with Crippen LogP contribution in [0.25, 0.3) is 0 Å². The Kier molecular flexibility index (Phi) is 5.40. The van der Waals surface area contributed by atoms with Crippen molar-refractivity contribution < 1.29 is 0 Å². The van der Waals surface area contributed by atoms with Gasteiger partial charge in [0.15, 0.2) is 0 Å². The fourth-order valence-corrected chi connectivity index (χ4v) is 2.73. The van der Waals surface area contributed by atoms with Gasteiger partial charge in [-0.2, -0.15) is 5.10 Å². The molecule has 0 aromatic heterocycles. The molecule has 0 radical (unpaired) electrons. The molecule has 1 aliphatic heterocycles. The third-order valence-corrected chi connectivity index (χ3v) is 4.13. The van der Waals surface area contributed by atoms with Crippen LogP contribution in [-0.2, 0) is 6.54 Å². The Morgan fingerprint density at radius 1 is 1.00 bits per heavy atom. The van der Waals surface area contributed by atoms with Crippen LogP contribution >= 0.6 is 0 Å². The van der Waals surface area contributed by atoms with Gasteiger partial charge in [0.05, 0.1) is 11.9 Å². The lowest BCUT2D eigenvalue weighted by molar-refractivity contribution is 0.148. The van der Waals surface area contributed by atoms with Gasteiger partial charge in [0, 0.05) is 32.7 Å². The molecule has 4 heteroatoms. The molecule has 23 heavy (non-hydrogen) atoms. The highest BCUT2D eigenvalue weighted by atomic mass is 15.3. The average molecular weight is 308 g/mol. The van der Waals surface area contributed by atoms with Gasteiger partial charge < -0.3 is 4.90 Å². The number of hydrogen-bond donors (Lipinski definition) is 1. The van der Waals surface area contributed by atoms with Crippen LogP contribution in [0.5, 0.6) is 0 Å². The summed E-state index contributed by atoms with van der Waals surface area (Å²) < 4.78 is 0. The van der Waals surface area contributed by atoms with Gasteiger partial charge in [-0.3, -0.25) is 10.3 Å². The number of piperazine rings is 1. The SMILES string of the molecule is CN1CCN(Cc2cccc(C=NNc3ccccc3)c2)CC1. The molecule has 2 aromatic rings. The van der Waals surface area contributed by atoms with Crippen LogP contribution in [0.3, 0.4) is 0 Å². The van der Waals surface area contributed by atoms with Crippen molar-refractivity contribution in [2.45, 2.75) is 6.54 Å². The van der Waals surface area contributed by atoms with Crippen molar-refractivity contribution >= 4 is 11.9 Å². The van der Waals surface area contributed by atoms with Gasteiger partial charge in [-0.05, 0) is 36.4 Å². The zero-order chi connectivity index (χ0) is 15.9. The first kappa shape index (κ1) is 15.7. The summed E-state index contributed by atoms with van der Waals surface area (Å²) in [5.41, 5.74) is 6.52. The molecule has 1 fully saturated rings. The van der Waals surface area contributed by atoms with E-state index in [-0.39, 0.29) is 0 Å². The normalized spacial score (nSPS) is 16.7. The summed E-state index contributed by atoms with van der Waals surface area (Å²) >= 11 is 0. The smallest absolute Gasteiger partial charge is 0.0561 e. The molecular weight excluding hydrogens is 284 g/mol. The maximum Gasteiger partial charge on any atom is 0.0561 e. The topological polar surface area (TPSA) is 30.9 Å². The van der Waals surface area contributed by atoms with E-state index in [2.05, 4.69) is 51.6 Å².